The minimum absolute atomic E-state index is 0.0651. The molecule has 0 saturated heterocycles. The fourth-order valence-corrected chi connectivity index (χ4v) is 1.06. The Morgan fingerprint density at radius 1 is 1.64 bits per heavy atom. The lowest BCUT2D eigenvalue weighted by Crippen LogP contribution is -2.24. The molecule has 1 rings (SSSR count). The van der Waals surface area contributed by atoms with E-state index in [9.17, 15) is 9.18 Å². The zero-order valence-electron chi connectivity index (χ0n) is 7.18. The highest BCUT2D eigenvalue weighted by molar-refractivity contribution is 6.30. The van der Waals surface area contributed by atoms with Crippen LogP contribution in [0.5, 0.6) is 0 Å². The predicted octanol–water partition coefficient (Wildman–Crippen LogP) is 1.84. The van der Waals surface area contributed by atoms with Gasteiger partial charge in [-0.2, -0.15) is 0 Å². The summed E-state index contributed by atoms with van der Waals surface area (Å²) in [6.07, 6.45) is 4.94. The second-order valence-electron chi connectivity index (χ2n) is 2.51. The molecule has 1 aromatic carbocycles. The van der Waals surface area contributed by atoms with Crippen LogP contribution in [-0.4, -0.2) is 12.5 Å². The quantitative estimate of drug-likeness (QED) is 0.744. The molecule has 0 saturated carbocycles. The number of hydrogen-bond acceptors (Lipinski definition) is 1. The first-order chi connectivity index (χ1) is 6.65. The smallest absolute Gasteiger partial charge is 0.255 e. The third-order valence-electron chi connectivity index (χ3n) is 1.53. The van der Waals surface area contributed by atoms with Crippen LogP contribution in [0, 0.1) is 18.2 Å². The van der Waals surface area contributed by atoms with E-state index in [2.05, 4.69) is 11.2 Å². The van der Waals surface area contributed by atoms with Crippen LogP contribution in [0.15, 0.2) is 18.2 Å². The summed E-state index contributed by atoms with van der Waals surface area (Å²) in [5.74, 6) is 1.01. The van der Waals surface area contributed by atoms with E-state index in [1.807, 2.05) is 0 Å². The van der Waals surface area contributed by atoms with Gasteiger partial charge < -0.3 is 5.32 Å². The molecule has 0 spiro atoms. The van der Waals surface area contributed by atoms with Gasteiger partial charge in [0.2, 0.25) is 0 Å². The van der Waals surface area contributed by atoms with Gasteiger partial charge in [0.05, 0.1) is 12.1 Å². The topological polar surface area (TPSA) is 29.1 Å². The number of nitrogens with one attached hydrogen (secondary N) is 1. The minimum Gasteiger partial charge on any atom is -0.341 e. The largest absolute Gasteiger partial charge is 0.341 e. The first-order valence-corrected chi connectivity index (χ1v) is 4.19. The van der Waals surface area contributed by atoms with Gasteiger partial charge >= 0.3 is 0 Å². The lowest BCUT2D eigenvalue weighted by molar-refractivity contribution is 0.0954. The van der Waals surface area contributed by atoms with Crippen molar-refractivity contribution >= 4 is 17.5 Å². The average Bonchev–Trinajstić information content (AvgIpc) is 2.14. The highest BCUT2D eigenvalue weighted by Crippen LogP contribution is 2.14. The van der Waals surface area contributed by atoms with Crippen LogP contribution < -0.4 is 5.32 Å². The zero-order chi connectivity index (χ0) is 10.6. The summed E-state index contributed by atoms with van der Waals surface area (Å²) in [4.78, 5) is 11.2. The minimum atomic E-state index is -0.660. The highest BCUT2D eigenvalue weighted by atomic mass is 35.5. The van der Waals surface area contributed by atoms with Crippen molar-refractivity contribution in [3.05, 3.63) is 34.6 Å². The highest BCUT2D eigenvalue weighted by Gasteiger charge is 2.10. The molecule has 2 nitrogen and oxygen atoms in total. The van der Waals surface area contributed by atoms with Gasteiger partial charge in [0, 0.05) is 5.02 Å². The molecule has 0 aliphatic heterocycles. The average molecular weight is 212 g/mol. The van der Waals surface area contributed by atoms with Crippen LogP contribution in [0.3, 0.4) is 0 Å². The first-order valence-electron chi connectivity index (χ1n) is 3.82. The molecule has 0 aromatic heterocycles. The third-order valence-corrected chi connectivity index (χ3v) is 1.76. The third kappa shape index (κ3) is 2.48. The molecule has 72 valence electrons. The molecule has 1 amide bonds. The molecule has 1 aromatic rings. The number of amides is 1. The van der Waals surface area contributed by atoms with Gasteiger partial charge in [-0.25, -0.2) is 4.39 Å². The number of terminal acetylenes is 1. The van der Waals surface area contributed by atoms with E-state index in [0.717, 1.165) is 6.07 Å². The Hall–Kier alpha value is -1.53. The molecule has 0 bridgehead atoms. The summed E-state index contributed by atoms with van der Waals surface area (Å²) < 4.78 is 13.1. The second-order valence-corrected chi connectivity index (χ2v) is 2.95. The van der Waals surface area contributed by atoms with Gasteiger partial charge in [0.15, 0.2) is 0 Å². The van der Waals surface area contributed by atoms with E-state index >= 15 is 0 Å². The van der Waals surface area contributed by atoms with Crippen LogP contribution in [0.25, 0.3) is 0 Å². The number of benzene rings is 1. The van der Waals surface area contributed by atoms with Gasteiger partial charge in [-0.1, -0.05) is 17.5 Å². The van der Waals surface area contributed by atoms with Crippen LogP contribution >= 0.6 is 11.6 Å². The Morgan fingerprint density at radius 3 is 2.93 bits per heavy atom. The van der Waals surface area contributed by atoms with Crippen molar-refractivity contribution in [2.24, 2.45) is 0 Å². The fraction of sp³-hybridized carbons (Fsp3) is 0.100. The molecule has 0 radical (unpaired) electrons. The van der Waals surface area contributed by atoms with Gasteiger partial charge in [-0.05, 0) is 18.2 Å². The maximum atomic E-state index is 13.1. The Morgan fingerprint density at radius 2 is 2.36 bits per heavy atom. The van der Waals surface area contributed by atoms with Crippen molar-refractivity contribution in [3.63, 3.8) is 0 Å². The van der Waals surface area contributed by atoms with Crippen molar-refractivity contribution in [1.29, 1.82) is 0 Å². The lowest BCUT2D eigenvalue weighted by Gasteiger charge is -2.02. The molecule has 0 heterocycles. The van der Waals surface area contributed by atoms with Crippen molar-refractivity contribution in [2.75, 3.05) is 6.54 Å². The number of carbonyl (C=O) groups is 1. The summed E-state index contributed by atoms with van der Waals surface area (Å²) in [5.41, 5.74) is -0.0651. The summed E-state index contributed by atoms with van der Waals surface area (Å²) in [7, 11) is 0. The lowest BCUT2D eigenvalue weighted by atomic mass is 10.2. The van der Waals surface area contributed by atoms with Crippen LogP contribution in [0.4, 0.5) is 4.39 Å². The van der Waals surface area contributed by atoms with Crippen molar-refractivity contribution < 1.29 is 9.18 Å². The van der Waals surface area contributed by atoms with Crippen LogP contribution in [0.1, 0.15) is 10.4 Å². The van der Waals surface area contributed by atoms with E-state index < -0.39 is 11.7 Å². The van der Waals surface area contributed by atoms with E-state index in [0.29, 0.717) is 0 Å². The molecule has 4 heteroatoms. The second kappa shape index (κ2) is 4.64. The van der Waals surface area contributed by atoms with Crippen molar-refractivity contribution in [1.82, 2.24) is 5.32 Å². The molecule has 0 fully saturated rings. The van der Waals surface area contributed by atoms with Crippen molar-refractivity contribution in [3.8, 4) is 12.3 Å². The van der Waals surface area contributed by atoms with Gasteiger partial charge in [-0.3, -0.25) is 4.79 Å². The van der Waals surface area contributed by atoms with E-state index in [-0.39, 0.29) is 17.1 Å². The normalized spacial score (nSPS) is 9.21. The molecule has 0 aliphatic rings. The Labute approximate surface area is 86.1 Å². The van der Waals surface area contributed by atoms with E-state index in [1.165, 1.54) is 12.1 Å². The summed E-state index contributed by atoms with van der Waals surface area (Å²) in [6.45, 7) is 0.0703. The van der Waals surface area contributed by atoms with Crippen LogP contribution in [0.2, 0.25) is 5.02 Å². The summed E-state index contributed by atoms with van der Waals surface area (Å²) in [5, 5.41) is 2.60. The molecular weight excluding hydrogens is 205 g/mol. The maximum Gasteiger partial charge on any atom is 0.255 e. The Bertz CT molecular complexity index is 398. The molecule has 14 heavy (non-hydrogen) atoms. The number of rotatable bonds is 2. The van der Waals surface area contributed by atoms with E-state index in [4.69, 9.17) is 18.0 Å². The molecule has 0 aliphatic carbocycles. The van der Waals surface area contributed by atoms with E-state index in [1.54, 1.807) is 0 Å². The monoisotopic (exact) mass is 211 g/mol. The van der Waals surface area contributed by atoms with Gasteiger partial charge in [-0.15, -0.1) is 6.42 Å². The number of carbonyl (C=O) groups excluding carboxylic acids is 1. The van der Waals surface area contributed by atoms with Crippen LogP contribution in [-0.2, 0) is 0 Å². The summed E-state index contributed by atoms with van der Waals surface area (Å²) >= 11 is 5.52. The molecule has 0 unspecified atom stereocenters. The molecular formula is C10H7ClFNO. The van der Waals surface area contributed by atoms with Crippen molar-refractivity contribution in [2.45, 2.75) is 0 Å². The van der Waals surface area contributed by atoms with Gasteiger partial charge in [0.25, 0.3) is 5.91 Å². The summed E-state index contributed by atoms with van der Waals surface area (Å²) in [6, 6.07) is 3.82. The fourth-order valence-electron chi connectivity index (χ4n) is 0.900. The molecule has 1 N–H and O–H groups in total. The Balaban J connectivity index is 2.86. The zero-order valence-corrected chi connectivity index (χ0v) is 7.94. The maximum absolute atomic E-state index is 13.1. The first kappa shape index (κ1) is 10.6. The SMILES string of the molecule is C#CCNC(=O)c1ccc(Cl)cc1F. The molecule has 0 atom stereocenters. The standard InChI is InChI=1S/C10H7ClFNO/c1-2-5-13-10(14)8-4-3-7(11)6-9(8)12/h1,3-4,6H,5H2,(H,13,14). The number of hydrogen-bond donors (Lipinski definition) is 1. The Kier molecular flexibility index (Phi) is 3.49. The van der Waals surface area contributed by atoms with Gasteiger partial charge in [0.1, 0.15) is 5.82 Å². The number of halogens is 2. The predicted molar refractivity (Wildman–Crippen MR) is 52.6 cm³/mol.